The van der Waals surface area contributed by atoms with E-state index in [0.717, 1.165) is 12.8 Å². The molecule has 0 radical (unpaired) electrons. The molecule has 2 aliphatic carbocycles. The standard InChI is InChI=1S/C12H19NO4/c1-6(14)12(13,11(16)17)10(15)9-5-7-2-3-8(9)4-7/h2-3,6-10,14-15H,4-5,13H2,1H3,(H,16,17)/t6?,7?,8?,9?,10-,12-/m0/s1. The lowest BCUT2D eigenvalue weighted by atomic mass is 9.76. The molecule has 0 saturated heterocycles. The Morgan fingerprint density at radius 3 is 2.41 bits per heavy atom. The number of allylic oxidation sites excluding steroid dienone is 2. The highest BCUT2D eigenvalue weighted by molar-refractivity contribution is 5.80. The second-order valence-electron chi connectivity index (χ2n) is 5.30. The molecule has 1 fully saturated rings. The second-order valence-corrected chi connectivity index (χ2v) is 5.30. The summed E-state index contributed by atoms with van der Waals surface area (Å²) in [7, 11) is 0. The molecule has 0 aromatic heterocycles. The highest BCUT2D eigenvalue weighted by atomic mass is 16.4. The number of nitrogens with two attached hydrogens (primary N) is 1. The van der Waals surface area contributed by atoms with Crippen molar-refractivity contribution >= 4 is 5.97 Å². The van der Waals surface area contributed by atoms with E-state index in [9.17, 15) is 15.0 Å². The summed E-state index contributed by atoms with van der Waals surface area (Å²) in [6.45, 7) is 1.31. The van der Waals surface area contributed by atoms with Crippen LogP contribution in [0.25, 0.3) is 0 Å². The van der Waals surface area contributed by atoms with Gasteiger partial charge in [0.1, 0.15) is 0 Å². The number of hydrogen-bond acceptors (Lipinski definition) is 4. The Morgan fingerprint density at radius 1 is 1.41 bits per heavy atom. The molecule has 5 heteroatoms. The van der Waals surface area contributed by atoms with Crippen LogP contribution in [0.15, 0.2) is 12.2 Å². The van der Waals surface area contributed by atoms with Crippen molar-refractivity contribution in [1.82, 2.24) is 0 Å². The van der Waals surface area contributed by atoms with E-state index in [2.05, 4.69) is 6.08 Å². The number of carbonyl (C=O) groups is 1. The van der Waals surface area contributed by atoms with Crippen LogP contribution in [0.3, 0.4) is 0 Å². The van der Waals surface area contributed by atoms with Crippen molar-refractivity contribution in [2.75, 3.05) is 0 Å². The van der Waals surface area contributed by atoms with E-state index in [-0.39, 0.29) is 11.8 Å². The maximum absolute atomic E-state index is 11.2. The van der Waals surface area contributed by atoms with Gasteiger partial charge in [-0.25, -0.2) is 0 Å². The quantitative estimate of drug-likeness (QED) is 0.507. The van der Waals surface area contributed by atoms with Crippen molar-refractivity contribution in [2.45, 2.75) is 37.5 Å². The van der Waals surface area contributed by atoms with Gasteiger partial charge in [0.2, 0.25) is 0 Å². The Morgan fingerprint density at radius 2 is 2.06 bits per heavy atom. The zero-order valence-corrected chi connectivity index (χ0v) is 9.78. The van der Waals surface area contributed by atoms with Crippen LogP contribution in [0.1, 0.15) is 19.8 Å². The van der Waals surface area contributed by atoms with Crippen LogP contribution in [0, 0.1) is 17.8 Å². The summed E-state index contributed by atoms with van der Waals surface area (Å²) in [4.78, 5) is 11.2. The van der Waals surface area contributed by atoms with E-state index >= 15 is 0 Å². The van der Waals surface area contributed by atoms with Crippen LogP contribution in [0.5, 0.6) is 0 Å². The second kappa shape index (κ2) is 4.08. The molecular weight excluding hydrogens is 222 g/mol. The molecule has 0 aromatic rings. The molecule has 0 amide bonds. The number of fused-ring (bicyclic) bond motifs is 2. The molecule has 1 saturated carbocycles. The third-order valence-corrected chi connectivity index (χ3v) is 4.29. The number of aliphatic hydroxyl groups excluding tert-OH is 2. The molecule has 2 bridgehead atoms. The Kier molecular flexibility index (Phi) is 3.01. The van der Waals surface area contributed by atoms with Gasteiger partial charge in [0, 0.05) is 0 Å². The monoisotopic (exact) mass is 241 g/mol. The van der Waals surface area contributed by atoms with E-state index in [1.807, 2.05) is 6.08 Å². The van der Waals surface area contributed by atoms with Gasteiger partial charge < -0.3 is 21.1 Å². The average Bonchev–Trinajstić information content (AvgIpc) is 2.87. The molecule has 0 aromatic carbocycles. The summed E-state index contributed by atoms with van der Waals surface area (Å²) in [5, 5.41) is 28.9. The fraction of sp³-hybridized carbons (Fsp3) is 0.750. The van der Waals surface area contributed by atoms with E-state index in [0.29, 0.717) is 5.92 Å². The molecule has 17 heavy (non-hydrogen) atoms. The van der Waals surface area contributed by atoms with Gasteiger partial charge in [0.25, 0.3) is 0 Å². The fourth-order valence-corrected chi connectivity index (χ4v) is 3.09. The lowest BCUT2D eigenvalue weighted by Crippen LogP contribution is -2.66. The Bertz CT molecular complexity index is 354. The molecule has 0 spiro atoms. The third-order valence-electron chi connectivity index (χ3n) is 4.29. The van der Waals surface area contributed by atoms with Crippen LogP contribution in [0.4, 0.5) is 0 Å². The Balaban J connectivity index is 2.21. The number of hydrogen-bond donors (Lipinski definition) is 4. The van der Waals surface area contributed by atoms with Crippen LogP contribution in [-0.4, -0.2) is 39.0 Å². The molecular formula is C12H19NO4. The number of carboxylic acid groups (broad SMARTS) is 1. The van der Waals surface area contributed by atoms with Crippen LogP contribution in [0.2, 0.25) is 0 Å². The predicted molar refractivity (Wildman–Crippen MR) is 61.1 cm³/mol. The van der Waals surface area contributed by atoms with Gasteiger partial charge in [0.15, 0.2) is 5.54 Å². The minimum absolute atomic E-state index is 0.166. The van der Waals surface area contributed by atoms with Crippen molar-refractivity contribution in [3.8, 4) is 0 Å². The third kappa shape index (κ3) is 1.78. The highest BCUT2D eigenvalue weighted by Crippen LogP contribution is 2.46. The van der Waals surface area contributed by atoms with Gasteiger partial charge in [-0.1, -0.05) is 12.2 Å². The first-order chi connectivity index (χ1) is 7.87. The van der Waals surface area contributed by atoms with E-state index in [1.165, 1.54) is 6.92 Å². The molecule has 4 unspecified atom stereocenters. The summed E-state index contributed by atoms with van der Waals surface area (Å²) in [5.41, 5.74) is 3.73. The molecule has 6 atom stereocenters. The summed E-state index contributed by atoms with van der Waals surface area (Å²) < 4.78 is 0. The molecule has 2 aliphatic rings. The SMILES string of the molecule is CC(O)[C@@](N)(C(=O)O)[C@@H](O)C1CC2C=CC1C2. The Labute approximate surface area is 99.9 Å². The van der Waals surface area contributed by atoms with E-state index in [4.69, 9.17) is 10.8 Å². The van der Waals surface area contributed by atoms with Gasteiger partial charge >= 0.3 is 5.97 Å². The molecule has 0 heterocycles. The number of carboxylic acids is 1. The van der Waals surface area contributed by atoms with Crippen molar-refractivity contribution in [3.63, 3.8) is 0 Å². The largest absolute Gasteiger partial charge is 0.480 e. The predicted octanol–water partition coefficient (Wildman–Crippen LogP) is -0.278. The first-order valence-corrected chi connectivity index (χ1v) is 5.94. The summed E-state index contributed by atoms with van der Waals surface area (Å²) in [6.07, 6.45) is 3.32. The normalized spacial score (nSPS) is 37.8. The van der Waals surface area contributed by atoms with E-state index < -0.39 is 23.7 Å². The zero-order valence-electron chi connectivity index (χ0n) is 9.78. The minimum atomic E-state index is -1.98. The average molecular weight is 241 g/mol. The van der Waals surface area contributed by atoms with E-state index in [1.54, 1.807) is 0 Å². The highest BCUT2D eigenvalue weighted by Gasteiger charge is 2.53. The number of rotatable bonds is 4. The number of aliphatic carboxylic acids is 1. The maximum Gasteiger partial charge on any atom is 0.329 e. The van der Waals surface area contributed by atoms with Crippen LogP contribution >= 0.6 is 0 Å². The first kappa shape index (κ1) is 12.5. The van der Waals surface area contributed by atoms with Crippen molar-refractivity contribution in [1.29, 1.82) is 0 Å². The van der Waals surface area contributed by atoms with Gasteiger partial charge in [-0.3, -0.25) is 4.79 Å². The summed E-state index contributed by atoms with van der Waals surface area (Å²) in [5.74, 6) is -0.907. The molecule has 96 valence electrons. The summed E-state index contributed by atoms with van der Waals surface area (Å²) >= 11 is 0. The smallest absolute Gasteiger partial charge is 0.329 e. The molecule has 0 aliphatic heterocycles. The molecule has 5 nitrogen and oxygen atoms in total. The van der Waals surface area contributed by atoms with Gasteiger partial charge in [-0.15, -0.1) is 0 Å². The van der Waals surface area contributed by atoms with Crippen molar-refractivity contribution in [2.24, 2.45) is 23.5 Å². The summed E-state index contributed by atoms with van der Waals surface area (Å²) in [6, 6.07) is 0. The van der Waals surface area contributed by atoms with Gasteiger partial charge in [-0.2, -0.15) is 0 Å². The zero-order chi connectivity index (χ0) is 12.8. The van der Waals surface area contributed by atoms with Crippen molar-refractivity contribution in [3.05, 3.63) is 12.2 Å². The molecule has 5 N–H and O–H groups in total. The van der Waals surface area contributed by atoms with Gasteiger partial charge in [-0.05, 0) is 37.5 Å². The topological polar surface area (TPSA) is 104 Å². The van der Waals surface area contributed by atoms with Crippen LogP contribution < -0.4 is 5.73 Å². The fourth-order valence-electron chi connectivity index (χ4n) is 3.09. The maximum atomic E-state index is 11.2. The minimum Gasteiger partial charge on any atom is -0.480 e. The molecule has 2 rings (SSSR count). The van der Waals surface area contributed by atoms with Gasteiger partial charge in [0.05, 0.1) is 12.2 Å². The lowest BCUT2D eigenvalue weighted by Gasteiger charge is -2.37. The van der Waals surface area contributed by atoms with Crippen LogP contribution in [-0.2, 0) is 4.79 Å². The number of aliphatic hydroxyl groups is 2. The Hall–Kier alpha value is -0.910. The lowest BCUT2D eigenvalue weighted by molar-refractivity contribution is -0.157. The van der Waals surface area contributed by atoms with Crippen molar-refractivity contribution < 1.29 is 20.1 Å². The first-order valence-electron chi connectivity index (χ1n) is 5.94.